The quantitative estimate of drug-likeness (QED) is 0.879. The van der Waals surface area contributed by atoms with Crippen molar-refractivity contribution in [1.82, 2.24) is 15.3 Å². The van der Waals surface area contributed by atoms with Crippen LogP contribution in [0.25, 0.3) is 0 Å². The maximum Gasteiger partial charge on any atom is 0.274 e. The summed E-state index contributed by atoms with van der Waals surface area (Å²) in [5, 5.41) is 8.75. The van der Waals surface area contributed by atoms with E-state index in [-0.39, 0.29) is 23.1 Å². The van der Waals surface area contributed by atoms with Crippen LogP contribution < -0.4 is 15.4 Å². The van der Waals surface area contributed by atoms with E-state index in [2.05, 4.69) is 34.4 Å². The molecule has 1 unspecified atom stereocenters. The van der Waals surface area contributed by atoms with Gasteiger partial charge < -0.3 is 15.4 Å². The number of hydrogen-bond donors (Lipinski definition) is 2. The lowest BCUT2D eigenvalue weighted by Crippen LogP contribution is -2.52. The number of ether oxygens (including phenoxy) is 1. The van der Waals surface area contributed by atoms with Gasteiger partial charge in [-0.1, -0.05) is 13.8 Å². The van der Waals surface area contributed by atoms with Crippen LogP contribution in [0.4, 0.5) is 10.9 Å². The summed E-state index contributed by atoms with van der Waals surface area (Å²) in [6, 6.07) is 3.69. The van der Waals surface area contributed by atoms with Crippen molar-refractivity contribution in [3.8, 4) is 5.75 Å². The van der Waals surface area contributed by atoms with Crippen LogP contribution in [0.5, 0.6) is 5.75 Å². The first-order chi connectivity index (χ1) is 11.0. The largest absolute Gasteiger partial charge is 0.494 e. The van der Waals surface area contributed by atoms with Gasteiger partial charge in [0.05, 0.1) is 7.11 Å². The summed E-state index contributed by atoms with van der Waals surface area (Å²) in [6.07, 6.45) is 3.83. The molecule has 2 aromatic heterocycles. The molecule has 0 radical (unpaired) electrons. The van der Waals surface area contributed by atoms with Gasteiger partial charge in [-0.3, -0.25) is 4.79 Å². The highest BCUT2D eigenvalue weighted by Crippen LogP contribution is 2.40. The molecule has 2 heterocycles. The molecule has 2 aromatic rings. The van der Waals surface area contributed by atoms with Gasteiger partial charge in [0.15, 0.2) is 10.8 Å². The summed E-state index contributed by atoms with van der Waals surface area (Å²) in [6.45, 7) is 4.32. The van der Waals surface area contributed by atoms with Crippen molar-refractivity contribution in [3.63, 3.8) is 0 Å². The standard InChI is InChI=1S/C16H20N4O2S/c1-16(2)7-6-11(16)18-14(21)13-10(22-3)4-5-12(19-13)20-15-17-8-9-23-15/h4-5,8-9,11H,6-7H2,1-3H3,(H,18,21)(H,17,19,20). The summed E-state index contributed by atoms with van der Waals surface area (Å²) >= 11 is 1.47. The van der Waals surface area contributed by atoms with Crippen molar-refractivity contribution >= 4 is 28.2 Å². The summed E-state index contributed by atoms with van der Waals surface area (Å²) in [4.78, 5) is 21.1. The fraction of sp³-hybridized carbons (Fsp3) is 0.438. The number of methoxy groups -OCH3 is 1. The van der Waals surface area contributed by atoms with Crippen LogP contribution in [-0.2, 0) is 0 Å². The van der Waals surface area contributed by atoms with Crippen LogP contribution in [0.3, 0.4) is 0 Å². The van der Waals surface area contributed by atoms with E-state index in [1.807, 2.05) is 5.38 Å². The third-order valence-corrected chi connectivity index (χ3v) is 4.98. The Bertz CT molecular complexity index is 700. The van der Waals surface area contributed by atoms with E-state index in [0.29, 0.717) is 11.6 Å². The molecule has 0 aromatic carbocycles. The summed E-state index contributed by atoms with van der Waals surface area (Å²) in [5.74, 6) is 0.825. The second-order valence-electron chi connectivity index (χ2n) is 6.26. The molecule has 1 saturated carbocycles. The van der Waals surface area contributed by atoms with Gasteiger partial charge in [0, 0.05) is 17.6 Å². The molecule has 1 amide bonds. The minimum Gasteiger partial charge on any atom is -0.494 e. The summed E-state index contributed by atoms with van der Waals surface area (Å²) < 4.78 is 5.28. The predicted octanol–water partition coefficient (Wildman–Crippen LogP) is 3.21. The number of nitrogens with zero attached hydrogens (tertiary/aromatic N) is 2. The van der Waals surface area contributed by atoms with Crippen LogP contribution in [0.15, 0.2) is 23.7 Å². The second kappa shape index (κ2) is 6.16. The smallest absolute Gasteiger partial charge is 0.274 e. The van der Waals surface area contributed by atoms with E-state index in [1.54, 1.807) is 18.3 Å². The fourth-order valence-corrected chi connectivity index (χ4v) is 3.13. The van der Waals surface area contributed by atoms with Crippen molar-refractivity contribution in [3.05, 3.63) is 29.4 Å². The third-order valence-electron chi connectivity index (χ3n) is 4.29. The summed E-state index contributed by atoms with van der Waals surface area (Å²) in [5.41, 5.74) is 0.427. The van der Waals surface area contributed by atoms with Gasteiger partial charge in [0.25, 0.3) is 5.91 Å². The van der Waals surface area contributed by atoms with Gasteiger partial charge in [0.1, 0.15) is 11.6 Å². The number of amides is 1. The number of carbonyl (C=O) groups excluding carboxylic acids is 1. The molecule has 122 valence electrons. The minimum atomic E-state index is -0.206. The molecular formula is C16H20N4O2S. The molecule has 3 rings (SSSR count). The molecule has 0 aliphatic heterocycles. The lowest BCUT2D eigenvalue weighted by atomic mass is 9.67. The number of rotatable bonds is 5. The Morgan fingerprint density at radius 3 is 2.83 bits per heavy atom. The Morgan fingerprint density at radius 1 is 1.43 bits per heavy atom. The van der Waals surface area contributed by atoms with Gasteiger partial charge in [-0.15, -0.1) is 11.3 Å². The molecule has 1 atom stereocenters. The number of anilines is 2. The van der Waals surface area contributed by atoms with E-state index in [9.17, 15) is 4.79 Å². The number of carbonyl (C=O) groups is 1. The van der Waals surface area contributed by atoms with Crippen molar-refractivity contribution in [2.45, 2.75) is 32.7 Å². The normalized spacial score (nSPS) is 18.8. The maximum absolute atomic E-state index is 12.6. The van der Waals surface area contributed by atoms with Crippen LogP contribution >= 0.6 is 11.3 Å². The van der Waals surface area contributed by atoms with Gasteiger partial charge in [0.2, 0.25) is 0 Å². The Labute approximate surface area is 139 Å². The van der Waals surface area contributed by atoms with E-state index < -0.39 is 0 Å². The van der Waals surface area contributed by atoms with Crippen molar-refractivity contribution < 1.29 is 9.53 Å². The number of thiazole rings is 1. The zero-order valence-corrected chi connectivity index (χ0v) is 14.2. The van der Waals surface area contributed by atoms with Crippen molar-refractivity contribution in [2.75, 3.05) is 12.4 Å². The molecule has 1 aliphatic carbocycles. The van der Waals surface area contributed by atoms with E-state index >= 15 is 0 Å². The SMILES string of the molecule is COc1ccc(Nc2nccs2)nc1C(=O)NC1CCC1(C)C. The first kappa shape index (κ1) is 15.7. The molecule has 7 heteroatoms. The van der Waals surface area contributed by atoms with E-state index in [4.69, 9.17) is 4.74 Å². The Morgan fingerprint density at radius 2 is 2.26 bits per heavy atom. The van der Waals surface area contributed by atoms with Gasteiger partial charge in [-0.2, -0.15) is 0 Å². The Hall–Kier alpha value is -2.15. The van der Waals surface area contributed by atoms with E-state index in [1.165, 1.54) is 18.4 Å². The van der Waals surface area contributed by atoms with Crippen molar-refractivity contribution in [2.24, 2.45) is 5.41 Å². The average molecular weight is 332 g/mol. The van der Waals surface area contributed by atoms with Crippen LogP contribution in [-0.4, -0.2) is 29.0 Å². The molecule has 1 aliphatic rings. The highest BCUT2D eigenvalue weighted by atomic mass is 32.1. The minimum absolute atomic E-state index is 0.139. The van der Waals surface area contributed by atoms with Crippen LogP contribution in [0.1, 0.15) is 37.2 Å². The van der Waals surface area contributed by atoms with Crippen LogP contribution in [0, 0.1) is 5.41 Å². The maximum atomic E-state index is 12.6. The molecule has 0 bridgehead atoms. The molecule has 0 spiro atoms. The first-order valence-electron chi connectivity index (χ1n) is 7.52. The Kier molecular flexibility index (Phi) is 4.21. The number of aromatic nitrogens is 2. The van der Waals surface area contributed by atoms with Gasteiger partial charge in [-0.05, 0) is 30.4 Å². The molecule has 0 saturated heterocycles. The lowest BCUT2D eigenvalue weighted by Gasteiger charge is -2.44. The fourth-order valence-electron chi connectivity index (χ4n) is 2.60. The highest BCUT2D eigenvalue weighted by Gasteiger charge is 2.39. The van der Waals surface area contributed by atoms with E-state index in [0.717, 1.165) is 18.0 Å². The molecule has 23 heavy (non-hydrogen) atoms. The highest BCUT2D eigenvalue weighted by molar-refractivity contribution is 7.13. The molecular weight excluding hydrogens is 312 g/mol. The zero-order valence-electron chi connectivity index (χ0n) is 13.4. The second-order valence-corrected chi connectivity index (χ2v) is 7.16. The first-order valence-corrected chi connectivity index (χ1v) is 8.40. The van der Waals surface area contributed by atoms with Gasteiger partial charge in [-0.25, -0.2) is 9.97 Å². The Balaban J connectivity index is 1.80. The zero-order chi connectivity index (χ0) is 16.4. The van der Waals surface area contributed by atoms with Crippen molar-refractivity contribution in [1.29, 1.82) is 0 Å². The third kappa shape index (κ3) is 3.29. The molecule has 1 fully saturated rings. The lowest BCUT2D eigenvalue weighted by molar-refractivity contribution is 0.0725. The number of nitrogens with one attached hydrogen (secondary N) is 2. The van der Waals surface area contributed by atoms with Crippen LogP contribution in [0.2, 0.25) is 0 Å². The number of pyridine rings is 1. The van der Waals surface area contributed by atoms with Gasteiger partial charge >= 0.3 is 0 Å². The number of hydrogen-bond acceptors (Lipinski definition) is 6. The topological polar surface area (TPSA) is 76.1 Å². The average Bonchev–Trinajstić information content (AvgIpc) is 3.04. The predicted molar refractivity (Wildman–Crippen MR) is 90.5 cm³/mol. The monoisotopic (exact) mass is 332 g/mol. The summed E-state index contributed by atoms with van der Waals surface area (Å²) in [7, 11) is 1.54. The molecule has 2 N–H and O–H groups in total. The molecule has 6 nitrogen and oxygen atoms in total.